The largest absolute Gasteiger partial charge is 0.494 e. The number of benzene rings is 3. The number of likely N-dealkylation sites (N-methyl/N-ethyl adjacent to an activating group) is 1. The first kappa shape index (κ1) is 43.4. The highest BCUT2D eigenvalue weighted by atomic mass is 35.5. The molecule has 1 saturated heterocycles. The topological polar surface area (TPSA) is 114 Å². The summed E-state index contributed by atoms with van der Waals surface area (Å²) in [4.78, 5) is 40.2. The second kappa shape index (κ2) is 17.0. The third-order valence-corrected chi connectivity index (χ3v) is 14.0. The van der Waals surface area contributed by atoms with Gasteiger partial charge in [0.2, 0.25) is 0 Å². The molecule has 7 aromatic rings. The number of hydrogen-bond donors (Lipinski definition) is 1. The van der Waals surface area contributed by atoms with Gasteiger partial charge >= 0.3 is 5.97 Å². The van der Waals surface area contributed by atoms with Crippen LogP contribution in [0.3, 0.4) is 0 Å². The van der Waals surface area contributed by atoms with E-state index in [1.54, 1.807) is 6.07 Å². The smallest absolute Gasteiger partial charge is 0.352 e. The molecule has 0 spiro atoms. The summed E-state index contributed by atoms with van der Waals surface area (Å²) in [5, 5.41) is 18.4. The number of carboxylic acids is 1. The van der Waals surface area contributed by atoms with Gasteiger partial charge in [-0.1, -0.05) is 35.3 Å². The van der Waals surface area contributed by atoms with Gasteiger partial charge in [0.25, 0.3) is 5.91 Å². The van der Waals surface area contributed by atoms with E-state index >= 15 is 4.79 Å². The van der Waals surface area contributed by atoms with E-state index in [0.717, 1.165) is 110 Å². The lowest BCUT2D eigenvalue weighted by Gasteiger charge is -2.35. The van der Waals surface area contributed by atoms with Crippen LogP contribution in [-0.2, 0) is 20.0 Å². The summed E-state index contributed by atoms with van der Waals surface area (Å²) >= 11 is 13.7. The number of aryl methyl sites for hydroxylation is 6. The van der Waals surface area contributed by atoms with E-state index < -0.39 is 5.97 Å². The zero-order valence-corrected chi connectivity index (χ0v) is 39.2. The molecule has 4 aromatic heterocycles. The molecule has 2 aliphatic rings. The molecule has 1 atom stereocenters. The third-order valence-electron chi connectivity index (χ3n) is 13.1. The summed E-state index contributed by atoms with van der Waals surface area (Å²) in [6.45, 7) is 16.7. The second-order valence-corrected chi connectivity index (χ2v) is 18.5. The predicted molar refractivity (Wildman–Crippen MR) is 256 cm³/mol. The Hall–Kier alpha value is -5.82. The lowest BCUT2D eigenvalue weighted by Crippen LogP contribution is -2.44. The van der Waals surface area contributed by atoms with Crippen molar-refractivity contribution in [2.24, 2.45) is 7.05 Å². The number of pyridine rings is 1. The Morgan fingerprint density at radius 2 is 1.64 bits per heavy atom. The van der Waals surface area contributed by atoms with Crippen LogP contribution in [0.5, 0.6) is 5.75 Å². The van der Waals surface area contributed by atoms with Crippen LogP contribution < -0.4 is 14.5 Å². The van der Waals surface area contributed by atoms with Crippen LogP contribution in [0.4, 0.5) is 11.5 Å². The van der Waals surface area contributed by atoms with E-state index in [1.807, 2.05) is 110 Å². The summed E-state index contributed by atoms with van der Waals surface area (Å²) in [5.41, 5.74) is 11.1. The maximum Gasteiger partial charge on any atom is 0.352 e. The van der Waals surface area contributed by atoms with Crippen LogP contribution >= 0.6 is 23.2 Å². The van der Waals surface area contributed by atoms with Gasteiger partial charge in [0.15, 0.2) is 0 Å². The second-order valence-electron chi connectivity index (χ2n) is 17.7. The predicted octanol–water partition coefficient (Wildman–Crippen LogP) is 9.97. The molecule has 2 aliphatic heterocycles. The molecule has 0 saturated carbocycles. The molecule has 9 rings (SSSR count). The highest BCUT2D eigenvalue weighted by molar-refractivity contribution is 6.35. The van der Waals surface area contributed by atoms with Gasteiger partial charge in [-0.15, -0.1) is 0 Å². The molecule has 332 valence electrons. The molecule has 1 N–H and O–H groups in total. The number of hydrogen-bond acceptors (Lipinski definition) is 7. The average Bonchev–Trinajstić information content (AvgIpc) is 3.87. The molecule has 0 radical (unpaired) electrons. The first-order valence-electron chi connectivity index (χ1n) is 21.9. The van der Waals surface area contributed by atoms with Crippen LogP contribution in [0.25, 0.3) is 32.9 Å². The number of halogens is 2. The molecular formula is C50H54Cl2N8O4. The highest BCUT2D eigenvalue weighted by Gasteiger charge is 2.38. The Morgan fingerprint density at radius 3 is 2.33 bits per heavy atom. The summed E-state index contributed by atoms with van der Waals surface area (Å²) in [6, 6.07) is 19.3. The molecular weight excluding hydrogens is 848 g/mol. The van der Waals surface area contributed by atoms with Crippen LogP contribution in [0.15, 0.2) is 60.7 Å². The highest BCUT2D eigenvalue weighted by Crippen LogP contribution is 2.46. The maximum atomic E-state index is 15.7. The number of rotatable bonds is 11. The normalized spacial score (nSPS) is 15.8. The van der Waals surface area contributed by atoms with Crippen molar-refractivity contribution in [3.8, 4) is 16.9 Å². The average molecular weight is 902 g/mol. The van der Waals surface area contributed by atoms with Crippen LogP contribution in [0.1, 0.15) is 79.7 Å². The van der Waals surface area contributed by atoms with Gasteiger partial charge in [0, 0.05) is 78.4 Å². The molecule has 0 aliphatic carbocycles. The van der Waals surface area contributed by atoms with E-state index in [0.29, 0.717) is 47.9 Å². The van der Waals surface area contributed by atoms with Gasteiger partial charge in [-0.25, -0.2) is 9.78 Å². The zero-order chi connectivity index (χ0) is 45.3. The van der Waals surface area contributed by atoms with Crippen molar-refractivity contribution in [2.75, 3.05) is 56.2 Å². The number of carbonyl (C=O) groups is 2. The van der Waals surface area contributed by atoms with E-state index in [1.165, 1.54) is 0 Å². The van der Waals surface area contributed by atoms with Crippen LogP contribution in [0, 0.1) is 34.6 Å². The summed E-state index contributed by atoms with van der Waals surface area (Å²) in [5.74, 6) is 0.411. The van der Waals surface area contributed by atoms with Crippen molar-refractivity contribution in [1.82, 2.24) is 28.8 Å². The molecule has 6 heterocycles. The molecule has 1 amide bonds. The number of carbonyl (C=O) groups excluding carboxylic acids is 1. The fraction of sp³-hybridized carbons (Fsp3) is 0.360. The lowest BCUT2D eigenvalue weighted by molar-refractivity contribution is 0.0686. The fourth-order valence-electron chi connectivity index (χ4n) is 9.95. The van der Waals surface area contributed by atoms with Gasteiger partial charge in [0.1, 0.15) is 23.0 Å². The Labute approximate surface area is 383 Å². The van der Waals surface area contributed by atoms with Crippen molar-refractivity contribution in [1.29, 1.82) is 0 Å². The van der Waals surface area contributed by atoms with E-state index in [2.05, 4.69) is 28.3 Å². The molecule has 64 heavy (non-hydrogen) atoms. The number of amides is 1. The Bertz CT molecular complexity index is 2990. The van der Waals surface area contributed by atoms with Crippen molar-refractivity contribution in [3.63, 3.8) is 0 Å². The van der Waals surface area contributed by atoms with Gasteiger partial charge < -0.3 is 33.7 Å². The number of ether oxygens (including phenoxy) is 1. The number of aromatic carboxylic acids is 1. The summed E-state index contributed by atoms with van der Waals surface area (Å²) < 4.78 is 12.2. The zero-order valence-electron chi connectivity index (χ0n) is 37.7. The van der Waals surface area contributed by atoms with E-state index in [4.69, 9.17) is 38.0 Å². The van der Waals surface area contributed by atoms with E-state index in [9.17, 15) is 9.90 Å². The SMILES string of the molecule is Cc1cc(N2C[C@@H](C)n3c(c(CCCOc4cc(C)c(Cl)c(C)c4)c4ccc(Cl)c(-c5c(C)nn(C)c5C)c43)C2=O)c2c(c1)cc(C(=O)O)n2Cc1cccc(N2CCN(C)CC2)n1. The number of fused-ring (bicyclic) bond motifs is 4. The molecule has 14 heteroatoms. The van der Waals surface area contributed by atoms with Crippen LogP contribution in [0.2, 0.25) is 10.0 Å². The van der Waals surface area contributed by atoms with Crippen molar-refractivity contribution >= 4 is 68.4 Å². The fourth-order valence-corrected chi connectivity index (χ4v) is 10.3. The van der Waals surface area contributed by atoms with Gasteiger partial charge in [-0.2, -0.15) is 5.10 Å². The van der Waals surface area contributed by atoms with Crippen molar-refractivity contribution < 1.29 is 19.4 Å². The molecule has 3 aromatic carbocycles. The monoisotopic (exact) mass is 900 g/mol. The Balaban J connectivity index is 1.17. The van der Waals surface area contributed by atoms with Gasteiger partial charge in [-0.3, -0.25) is 9.48 Å². The number of aromatic nitrogens is 5. The van der Waals surface area contributed by atoms with Crippen LogP contribution in [-0.4, -0.2) is 92.2 Å². The van der Waals surface area contributed by atoms with E-state index in [-0.39, 0.29) is 24.2 Å². The quantitative estimate of drug-likeness (QED) is 0.128. The van der Waals surface area contributed by atoms with Crippen molar-refractivity contribution in [3.05, 3.63) is 121 Å². The molecule has 1 fully saturated rings. The minimum atomic E-state index is -1.05. The number of anilines is 2. The number of nitrogens with zero attached hydrogens (tertiary/aromatic N) is 8. The van der Waals surface area contributed by atoms with Gasteiger partial charge in [-0.05, 0) is 132 Å². The molecule has 0 bridgehead atoms. The first-order chi connectivity index (χ1) is 30.6. The number of piperazine rings is 1. The molecule has 12 nitrogen and oxygen atoms in total. The third kappa shape index (κ3) is 7.58. The van der Waals surface area contributed by atoms with Gasteiger partial charge in [0.05, 0.1) is 46.3 Å². The minimum Gasteiger partial charge on any atom is -0.494 e. The van der Waals surface area contributed by atoms with Crippen molar-refractivity contribution in [2.45, 2.75) is 67.0 Å². The maximum absolute atomic E-state index is 15.7. The number of carboxylic acid groups (broad SMARTS) is 1. The molecule has 0 unspecified atom stereocenters. The Morgan fingerprint density at radius 1 is 0.906 bits per heavy atom. The Kier molecular flexibility index (Phi) is 11.5. The summed E-state index contributed by atoms with van der Waals surface area (Å²) in [7, 11) is 4.05. The lowest BCUT2D eigenvalue weighted by atomic mass is 9.98. The standard InChI is InChI=1S/C50H54Cl2N8O4/c1-28-21-34-25-41(50(62)63)58(27-35-11-9-13-42(53-35)57-18-16-55(7)17-19-57)46(34)40(22-28)59-26-31(4)60-47-38(14-15-39(51)44(47)43-32(5)54-56(8)33(43)6)37(48(60)49(59)61)12-10-20-64-36-23-29(2)45(52)30(3)24-36/h9,11,13-15,21-25,31H,10,12,16-20,26-27H2,1-8H3,(H,62,63)/t31-/m1/s1. The minimum absolute atomic E-state index is 0.133. The summed E-state index contributed by atoms with van der Waals surface area (Å²) in [6.07, 6.45) is 1.19. The first-order valence-corrected chi connectivity index (χ1v) is 22.7.